The van der Waals surface area contributed by atoms with Gasteiger partial charge in [-0.05, 0) is 40.4 Å². The molecule has 0 fully saturated rings. The first-order valence-corrected chi connectivity index (χ1v) is 6.99. The largest absolute Gasteiger partial charge is 0.369 e. The van der Waals surface area contributed by atoms with Crippen molar-refractivity contribution in [3.05, 3.63) is 22.3 Å². The Kier molecular flexibility index (Phi) is 5.92. The Balaban J connectivity index is 2.52. The maximum atomic E-state index is 6.16. The van der Waals surface area contributed by atoms with Crippen molar-refractivity contribution in [3.8, 4) is 0 Å². The summed E-state index contributed by atoms with van der Waals surface area (Å²) < 4.78 is 1.03. The van der Waals surface area contributed by atoms with Gasteiger partial charge in [0.25, 0.3) is 0 Å². The van der Waals surface area contributed by atoms with Crippen molar-refractivity contribution in [2.24, 2.45) is 11.7 Å². The van der Waals surface area contributed by atoms with Gasteiger partial charge >= 0.3 is 0 Å². The molecule has 0 radical (unpaired) electrons. The number of nitrogens with zero attached hydrogens (tertiary/aromatic N) is 1. The van der Waals surface area contributed by atoms with Gasteiger partial charge in [-0.15, -0.1) is 0 Å². The van der Waals surface area contributed by atoms with E-state index in [0.29, 0.717) is 5.92 Å². The number of nitrogens with one attached hydrogen (secondary N) is 1. The number of aryl methyl sites for hydroxylation is 1. The third kappa shape index (κ3) is 4.28. The predicted molar refractivity (Wildman–Crippen MR) is 77.2 cm³/mol. The van der Waals surface area contributed by atoms with Gasteiger partial charge in [-0.2, -0.15) is 0 Å². The highest BCUT2D eigenvalue weighted by molar-refractivity contribution is 9.10. The van der Waals surface area contributed by atoms with Crippen molar-refractivity contribution in [2.75, 3.05) is 11.9 Å². The minimum absolute atomic E-state index is 0.191. The van der Waals surface area contributed by atoms with Crippen molar-refractivity contribution in [3.63, 3.8) is 0 Å². The van der Waals surface area contributed by atoms with E-state index in [-0.39, 0.29) is 6.04 Å². The molecule has 0 bridgehead atoms. The zero-order valence-electron chi connectivity index (χ0n) is 10.8. The van der Waals surface area contributed by atoms with Gasteiger partial charge in [0.2, 0.25) is 0 Å². The van der Waals surface area contributed by atoms with Crippen LogP contribution < -0.4 is 11.1 Å². The maximum Gasteiger partial charge on any atom is 0.126 e. The molecule has 0 saturated heterocycles. The Morgan fingerprint density at radius 3 is 2.59 bits per heavy atom. The molecule has 0 aliphatic carbocycles. The molecule has 96 valence electrons. The summed E-state index contributed by atoms with van der Waals surface area (Å²) in [4.78, 5) is 4.31. The van der Waals surface area contributed by atoms with Gasteiger partial charge in [0.05, 0.1) is 0 Å². The second kappa shape index (κ2) is 6.97. The van der Waals surface area contributed by atoms with Crippen LogP contribution in [-0.4, -0.2) is 17.6 Å². The Bertz CT molecular complexity index is 351. The van der Waals surface area contributed by atoms with Crippen molar-refractivity contribution in [1.82, 2.24) is 4.98 Å². The standard InChI is InChI=1S/C13H22BrN3/c1-4-10(5-2)12(15)8-17-13-6-9(3)11(14)7-16-13/h6-7,10,12H,4-5,8,15H2,1-3H3,(H,16,17). The summed E-state index contributed by atoms with van der Waals surface area (Å²) in [5, 5.41) is 3.30. The molecule has 0 amide bonds. The third-order valence-corrected chi connectivity index (χ3v) is 4.05. The first-order valence-electron chi connectivity index (χ1n) is 6.20. The van der Waals surface area contributed by atoms with Crippen LogP contribution in [0.3, 0.4) is 0 Å². The predicted octanol–water partition coefficient (Wildman–Crippen LogP) is 3.33. The van der Waals surface area contributed by atoms with E-state index in [1.165, 1.54) is 5.56 Å². The minimum Gasteiger partial charge on any atom is -0.369 e. The number of nitrogens with two attached hydrogens (primary N) is 1. The molecule has 1 heterocycles. The zero-order chi connectivity index (χ0) is 12.8. The van der Waals surface area contributed by atoms with Gasteiger partial charge in [-0.3, -0.25) is 0 Å². The Morgan fingerprint density at radius 1 is 1.41 bits per heavy atom. The van der Waals surface area contributed by atoms with E-state index < -0.39 is 0 Å². The first kappa shape index (κ1) is 14.5. The number of anilines is 1. The molecule has 0 aromatic carbocycles. The summed E-state index contributed by atoms with van der Waals surface area (Å²) in [6.45, 7) is 7.21. The van der Waals surface area contributed by atoms with Crippen molar-refractivity contribution in [1.29, 1.82) is 0 Å². The van der Waals surface area contributed by atoms with Crippen LogP contribution in [0.1, 0.15) is 32.3 Å². The lowest BCUT2D eigenvalue weighted by molar-refractivity contribution is 0.407. The molecule has 0 aliphatic heterocycles. The number of aromatic nitrogens is 1. The molecular formula is C13H22BrN3. The minimum atomic E-state index is 0.191. The molecule has 0 saturated carbocycles. The lowest BCUT2D eigenvalue weighted by atomic mass is 9.95. The molecule has 1 aromatic rings. The molecular weight excluding hydrogens is 278 g/mol. The van der Waals surface area contributed by atoms with E-state index in [1.54, 1.807) is 0 Å². The van der Waals surface area contributed by atoms with Crippen molar-refractivity contribution >= 4 is 21.7 Å². The molecule has 1 atom stereocenters. The number of halogens is 1. The lowest BCUT2D eigenvalue weighted by Crippen LogP contribution is -2.36. The van der Waals surface area contributed by atoms with Crippen LogP contribution in [-0.2, 0) is 0 Å². The van der Waals surface area contributed by atoms with E-state index in [2.05, 4.69) is 47.0 Å². The number of hydrogen-bond donors (Lipinski definition) is 2. The highest BCUT2D eigenvalue weighted by atomic mass is 79.9. The quantitative estimate of drug-likeness (QED) is 0.847. The Morgan fingerprint density at radius 2 is 2.06 bits per heavy atom. The average molecular weight is 300 g/mol. The maximum absolute atomic E-state index is 6.16. The second-order valence-corrected chi connectivity index (χ2v) is 5.29. The van der Waals surface area contributed by atoms with Crippen molar-refractivity contribution < 1.29 is 0 Å². The molecule has 3 N–H and O–H groups in total. The second-order valence-electron chi connectivity index (χ2n) is 4.44. The summed E-state index contributed by atoms with van der Waals surface area (Å²) in [5.41, 5.74) is 7.33. The molecule has 3 nitrogen and oxygen atoms in total. The number of hydrogen-bond acceptors (Lipinski definition) is 3. The molecule has 4 heteroatoms. The summed E-state index contributed by atoms with van der Waals surface area (Å²) in [5.74, 6) is 1.48. The summed E-state index contributed by atoms with van der Waals surface area (Å²) >= 11 is 3.44. The van der Waals surface area contributed by atoms with Crippen LogP contribution in [0.15, 0.2) is 16.7 Å². The average Bonchev–Trinajstić information content (AvgIpc) is 2.32. The fourth-order valence-electron chi connectivity index (χ4n) is 1.92. The van der Waals surface area contributed by atoms with Crippen LogP contribution in [0, 0.1) is 12.8 Å². The number of pyridine rings is 1. The van der Waals surface area contributed by atoms with Crippen molar-refractivity contribution in [2.45, 2.75) is 39.7 Å². The van der Waals surface area contributed by atoms with Gasteiger partial charge in [0.15, 0.2) is 0 Å². The summed E-state index contributed by atoms with van der Waals surface area (Å²) in [7, 11) is 0. The molecule has 0 spiro atoms. The lowest BCUT2D eigenvalue weighted by Gasteiger charge is -2.21. The summed E-state index contributed by atoms with van der Waals surface area (Å²) in [6, 6.07) is 2.22. The normalized spacial score (nSPS) is 12.8. The third-order valence-electron chi connectivity index (χ3n) is 3.22. The number of rotatable bonds is 6. The SMILES string of the molecule is CCC(CC)C(N)CNc1cc(C)c(Br)cn1. The highest BCUT2D eigenvalue weighted by Gasteiger charge is 2.13. The molecule has 1 rings (SSSR count). The Labute approximate surface area is 112 Å². The van der Waals surface area contributed by atoms with E-state index in [0.717, 1.165) is 29.7 Å². The molecule has 1 aromatic heterocycles. The van der Waals surface area contributed by atoms with Crippen LogP contribution in [0.2, 0.25) is 0 Å². The molecule has 1 unspecified atom stereocenters. The van der Waals surface area contributed by atoms with Gasteiger partial charge in [0.1, 0.15) is 5.82 Å². The van der Waals surface area contributed by atoms with Crippen LogP contribution in [0.5, 0.6) is 0 Å². The van der Waals surface area contributed by atoms with E-state index in [4.69, 9.17) is 5.73 Å². The van der Waals surface area contributed by atoms with Gasteiger partial charge in [-0.25, -0.2) is 4.98 Å². The summed E-state index contributed by atoms with van der Waals surface area (Å²) in [6.07, 6.45) is 4.08. The van der Waals surface area contributed by atoms with Gasteiger partial charge in [0, 0.05) is 23.3 Å². The van der Waals surface area contributed by atoms with E-state index in [1.807, 2.05) is 12.3 Å². The highest BCUT2D eigenvalue weighted by Crippen LogP contribution is 2.18. The zero-order valence-corrected chi connectivity index (χ0v) is 12.4. The first-order chi connectivity index (χ1) is 8.08. The van der Waals surface area contributed by atoms with Crippen LogP contribution in [0.25, 0.3) is 0 Å². The molecule has 17 heavy (non-hydrogen) atoms. The van der Waals surface area contributed by atoms with Gasteiger partial charge < -0.3 is 11.1 Å². The fraction of sp³-hybridized carbons (Fsp3) is 0.615. The Hall–Kier alpha value is -0.610. The topological polar surface area (TPSA) is 50.9 Å². The van der Waals surface area contributed by atoms with Gasteiger partial charge in [-0.1, -0.05) is 26.7 Å². The smallest absolute Gasteiger partial charge is 0.126 e. The molecule has 0 aliphatic rings. The van der Waals surface area contributed by atoms with Crippen LogP contribution >= 0.6 is 15.9 Å². The monoisotopic (exact) mass is 299 g/mol. The van der Waals surface area contributed by atoms with E-state index >= 15 is 0 Å². The fourth-order valence-corrected chi connectivity index (χ4v) is 2.14. The van der Waals surface area contributed by atoms with Crippen LogP contribution in [0.4, 0.5) is 5.82 Å². The van der Waals surface area contributed by atoms with E-state index in [9.17, 15) is 0 Å².